The summed E-state index contributed by atoms with van der Waals surface area (Å²) in [5, 5.41) is 10.2. The van der Waals surface area contributed by atoms with Crippen LogP contribution in [0.1, 0.15) is 48.2 Å². The SMILES string of the molecule is C=C(Nc1ncc[nH]1)C(c1ncn2c1CCC2)n1cc2c(Cl)cc(-c3ccc(C4CCN(CCF)CC4)cc3)c(Cl)c2n1. The van der Waals surface area contributed by atoms with E-state index in [4.69, 9.17) is 33.3 Å². The van der Waals surface area contributed by atoms with Crippen molar-refractivity contribution in [1.82, 2.24) is 34.2 Å². The van der Waals surface area contributed by atoms with Gasteiger partial charge in [0, 0.05) is 54.0 Å². The Morgan fingerprint density at radius 2 is 1.95 bits per heavy atom. The Hall–Kier alpha value is -3.66. The molecule has 7 rings (SSSR count). The number of imidazole rings is 2. The van der Waals surface area contributed by atoms with Gasteiger partial charge >= 0.3 is 0 Å². The first-order chi connectivity index (χ1) is 21.0. The normalized spacial score (nSPS) is 16.5. The molecule has 2 N–H and O–H groups in total. The zero-order chi connectivity index (χ0) is 29.5. The monoisotopic (exact) mass is 618 g/mol. The summed E-state index contributed by atoms with van der Waals surface area (Å²) in [6, 6.07) is 10.1. The maximum Gasteiger partial charge on any atom is 0.204 e. The summed E-state index contributed by atoms with van der Waals surface area (Å²) in [6.07, 6.45) is 11.4. The molecular weight excluding hydrogens is 586 g/mol. The van der Waals surface area contributed by atoms with Crippen LogP contribution in [0.5, 0.6) is 0 Å². The van der Waals surface area contributed by atoms with Gasteiger partial charge in [0.2, 0.25) is 5.95 Å². The van der Waals surface area contributed by atoms with Gasteiger partial charge in [-0.15, -0.1) is 0 Å². The van der Waals surface area contributed by atoms with Crippen LogP contribution in [0.25, 0.3) is 22.0 Å². The summed E-state index contributed by atoms with van der Waals surface area (Å²) in [5.74, 6) is 1.07. The molecule has 5 aromatic rings. The number of allylic oxidation sites excluding steroid dienone is 1. The van der Waals surface area contributed by atoms with Crippen molar-refractivity contribution in [3.05, 3.63) is 94.5 Å². The van der Waals surface area contributed by atoms with Crippen LogP contribution in [0, 0.1) is 0 Å². The van der Waals surface area contributed by atoms with Gasteiger partial charge in [-0.2, -0.15) is 5.10 Å². The van der Waals surface area contributed by atoms with Gasteiger partial charge in [0.25, 0.3) is 0 Å². The largest absolute Gasteiger partial charge is 0.334 e. The molecule has 0 spiro atoms. The number of anilines is 1. The number of halogens is 3. The third-order valence-corrected chi connectivity index (χ3v) is 9.50. The number of nitrogens with zero attached hydrogens (tertiary/aromatic N) is 6. The Bertz CT molecular complexity index is 1750. The first-order valence-corrected chi connectivity index (χ1v) is 15.5. The van der Waals surface area contributed by atoms with Crippen molar-refractivity contribution >= 4 is 40.1 Å². The molecule has 1 saturated heterocycles. The Kier molecular flexibility index (Phi) is 7.71. The second-order valence-electron chi connectivity index (χ2n) is 11.4. The Morgan fingerprint density at radius 3 is 2.70 bits per heavy atom. The van der Waals surface area contributed by atoms with Crippen LogP contribution >= 0.6 is 23.2 Å². The first-order valence-electron chi connectivity index (χ1n) is 14.7. The highest BCUT2D eigenvalue weighted by Gasteiger charge is 2.29. The van der Waals surface area contributed by atoms with E-state index in [-0.39, 0.29) is 6.67 Å². The summed E-state index contributed by atoms with van der Waals surface area (Å²) < 4.78 is 16.8. The molecule has 0 saturated carbocycles. The number of rotatable bonds is 9. The van der Waals surface area contributed by atoms with Crippen LogP contribution in [-0.4, -0.2) is 60.5 Å². The van der Waals surface area contributed by atoms with Crippen LogP contribution < -0.4 is 5.32 Å². The molecule has 2 aliphatic heterocycles. The number of fused-ring (bicyclic) bond motifs is 2. The zero-order valence-corrected chi connectivity index (χ0v) is 25.3. The van der Waals surface area contributed by atoms with Gasteiger partial charge < -0.3 is 19.8 Å². The Labute approximate surface area is 259 Å². The fourth-order valence-corrected chi connectivity index (χ4v) is 7.10. The fraction of sp³-hybridized carbons (Fsp3) is 0.344. The average molecular weight is 620 g/mol. The predicted molar refractivity (Wildman–Crippen MR) is 170 cm³/mol. The molecule has 1 atom stereocenters. The number of likely N-dealkylation sites (tertiary alicyclic amines) is 1. The summed E-state index contributed by atoms with van der Waals surface area (Å²) in [5.41, 5.74) is 6.49. The van der Waals surface area contributed by atoms with E-state index in [1.54, 1.807) is 12.4 Å². The molecule has 0 aliphatic carbocycles. The number of aromatic amines is 1. The molecular formula is C32H33Cl2FN8. The van der Waals surface area contributed by atoms with E-state index in [1.807, 2.05) is 23.3 Å². The van der Waals surface area contributed by atoms with Crippen molar-refractivity contribution in [2.45, 2.75) is 44.2 Å². The van der Waals surface area contributed by atoms with E-state index in [0.29, 0.717) is 39.7 Å². The standard InChI is InChI=1S/C32H33Cl2FN8/c1-20(39-32-36-11-12-37-32)31(30-27-3-2-13-42(27)19-38-30)43-18-25-26(33)17-24(28(34)29(25)40-43)23-6-4-21(5-7-23)22-8-14-41(15-9-22)16-10-35/h4-7,11-12,17-19,22,31H,1-3,8-10,13-16H2,(H2,36,37,39). The average Bonchev–Trinajstić information content (AvgIpc) is 3.83. The van der Waals surface area contributed by atoms with Gasteiger partial charge in [-0.1, -0.05) is 54.0 Å². The molecule has 2 aromatic carbocycles. The molecule has 0 bridgehead atoms. The molecule has 43 heavy (non-hydrogen) atoms. The summed E-state index contributed by atoms with van der Waals surface area (Å²) in [4.78, 5) is 14.4. The molecule has 3 aromatic heterocycles. The molecule has 5 heterocycles. The lowest BCUT2D eigenvalue weighted by molar-refractivity contribution is 0.197. The van der Waals surface area contributed by atoms with Crippen LogP contribution in [0.15, 0.2) is 67.5 Å². The number of aromatic nitrogens is 6. The predicted octanol–water partition coefficient (Wildman–Crippen LogP) is 7.24. The molecule has 222 valence electrons. The fourth-order valence-electron chi connectivity index (χ4n) is 6.55. The van der Waals surface area contributed by atoms with Gasteiger partial charge in [0.1, 0.15) is 18.2 Å². The van der Waals surface area contributed by atoms with E-state index in [0.717, 1.165) is 67.5 Å². The van der Waals surface area contributed by atoms with Crippen molar-refractivity contribution in [1.29, 1.82) is 0 Å². The maximum absolute atomic E-state index is 12.7. The van der Waals surface area contributed by atoms with E-state index in [1.165, 1.54) is 11.3 Å². The molecule has 1 unspecified atom stereocenters. The first kappa shape index (κ1) is 28.1. The van der Waals surface area contributed by atoms with Crippen molar-refractivity contribution < 1.29 is 4.39 Å². The minimum Gasteiger partial charge on any atom is -0.334 e. The number of alkyl halides is 1. The highest BCUT2D eigenvalue weighted by Crippen LogP contribution is 2.40. The highest BCUT2D eigenvalue weighted by molar-refractivity contribution is 6.42. The lowest BCUT2D eigenvalue weighted by Gasteiger charge is -2.31. The Morgan fingerprint density at radius 1 is 1.14 bits per heavy atom. The minimum atomic E-state index is -0.405. The second kappa shape index (κ2) is 11.8. The quantitative estimate of drug-likeness (QED) is 0.182. The van der Waals surface area contributed by atoms with Crippen LogP contribution in [0.4, 0.5) is 10.3 Å². The van der Waals surface area contributed by atoms with Crippen LogP contribution in [0.2, 0.25) is 10.0 Å². The zero-order valence-electron chi connectivity index (χ0n) is 23.7. The van der Waals surface area contributed by atoms with Gasteiger partial charge in [0.05, 0.1) is 22.1 Å². The van der Waals surface area contributed by atoms with Crippen LogP contribution in [0.3, 0.4) is 0 Å². The minimum absolute atomic E-state index is 0.284. The molecule has 8 nitrogen and oxygen atoms in total. The molecule has 11 heteroatoms. The van der Waals surface area contributed by atoms with Crippen molar-refractivity contribution in [2.75, 3.05) is 31.6 Å². The number of nitrogens with one attached hydrogen (secondary N) is 2. The van der Waals surface area contributed by atoms with Crippen molar-refractivity contribution in [3.8, 4) is 11.1 Å². The van der Waals surface area contributed by atoms with Gasteiger partial charge in [-0.05, 0) is 61.9 Å². The Balaban J connectivity index is 1.21. The van der Waals surface area contributed by atoms with Gasteiger partial charge in [-0.25, -0.2) is 14.4 Å². The number of aryl methyl sites for hydroxylation is 1. The maximum atomic E-state index is 12.7. The topological polar surface area (TPSA) is 79.6 Å². The smallest absolute Gasteiger partial charge is 0.204 e. The third-order valence-electron chi connectivity index (χ3n) is 8.81. The number of benzene rings is 2. The van der Waals surface area contributed by atoms with E-state index >= 15 is 0 Å². The summed E-state index contributed by atoms with van der Waals surface area (Å²) in [6.45, 7) is 7.43. The highest BCUT2D eigenvalue weighted by atomic mass is 35.5. The molecule has 0 amide bonds. The summed E-state index contributed by atoms with van der Waals surface area (Å²) >= 11 is 14.0. The number of H-pyrrole nitrogens is 1. The third kappa shape index (κ3) is 5.34. The van der Waals surface area contributed by atoms with Gasteiger partial charge in [0.15, 0.2) is 0 Å². The number of hydrogen-bond donors (Lipinski definition) is 2. The lowest BCUT2D eigenvalue weighted by atomic mass is 9.88. The van der Waals surface area contributed by atoms with E-state index in [2.05, 4.69) is 55.6 Å². The van der Waals surface area contributed by atoms with Gasteiger partial charge in [-0.3, -0.25) is 4.68 Å². The molecule has 0 radical (unpaired) electrons. The second-order valence-corrected chi connectivity index (χ2v) is 12.2. The van der Waals surface area contributed by atoms with Crippen molar-refractivity contribution in [2.24, 2.45) is 0 Å². The number of hydrogen-bond acceptors (Lipinski definition) is 5. The van der Waals surface area contributed by atoms with E-state index in [9.17, 15) is 4.39 Å². The van der Waals surface area contributed by atoms with Crippen molar-refractivity contribution in [3.63, 3.8) is 0 Å². The lowest BCUT2D eigenvalue weighted by Crippen LogP contribution is -2.34. The summed E-state index contributed by atoms with van der Waals surface area (Å²) in [7, 11) is 0. The molecule has 2 aliphatic rings. The van der Waals surface area contributed by atoms with Crippen LogP contribution in [-0.2, 0) is 13.0 Å². The number of piperidine rings is 1. The molecule has 1 fully saturated rings. The van der Waals surface area contributed by atoms with E-state index < -0.39 is 6.04 Å².